The van der Waals surface area contributed by atoms with Gasteiger partial charge in [0.05, 0.1) is 0 Å². The van der Waals surface area contributed by atoms with E-state index in [1.807, 2.05) is 31.2 Å². The first-order valence-electron chi connectivity index (χ1n) is 7.14. The molecule has 2 amide bonds. The SMILES string of the molecule is CCCC(=O)NNC(=O)COc1ccc(C(C)(C)C)cc1. The molecule has 2 N–H and O–H groups in total. The molecule has 0 radical (unpaired) electrons. The standard InChI is InChI=1S/C16H24N2O3/c1-5-6-14(19)17-18-15(20)11-21-13-9-7-12(8-10-13)16(2,3)4/h7-10H,5-6,11H2,1-4H3,(H,17,19)(H,18,20). The Labute approximate surface area is 126 Å². The summed E-state index contributed by atoms with van der Waals surface area (Å²) in [5.74, 6) is 0.0257. The fraction of sp³-hybridized carbons (Fsp3) is 0.500. The van der Waals surface area contributed by atoms with Gasteiger partial charge in [-0.25, -0.2) is 0 Å². The average Bonchev–Trinajstić information content (AvgIpc) is 2.43. The van der Waals surface area contributed by atoms with Crippen LogP contribution in [0.5, 0.6) is 5.75 Å². The second-order valence-electron chi connectivity index (χ2n) is 5.91. The average molecular weight is 292 g/mol. The molecule has 0 bridgehead atoms. The highest BCUT2D eigenvalue weighted by Crippen LogP contribution is 2.24. The summed E-state index contributed by atoms with van der Waals surface area (Å²) in [5, 5.41) is 0. The normalized spacial score (nSPS) is 10.9. The monoisotopic (exact) mass is 292 g/mol. The van der Waals surface area contributed by atoms with Gasteiger partial charge in [0.25, 0.3) is 5.91 Å². The van der Waals surface area contributed by atoms with Gasteiger partial charge in [-0.05, 0) is 29.5 Å². The molecule has 0 heterocycles. The largest absolute Gasteiger partial charge is 0.484 e. The number of rotatable bonds is 5. The van der Waals surface area contributed by atoms with Crippen molar-refractivity contribution in [2.45, 2.75) is 46.0 Å². The third-order valence-electron chi connectivity index (χ3n) is 2.91. The van der Waals surface area contributed by atoms with Crippen molar-refractivity contribution in [1.82, 2.24) is 10.9 Å². The predicted molar refractivity (Wildman–Crippen MR) is 81.8 cm³/mol. The van der Waals surface area contributed by atoms with Crippen LogP contribution in [0.15, 0.2) is 24.3 Å². The summed E-state index contributed by atoms with van der Waals surface area (Å²) in [7, 11) is 0. The van der Waals surface area contributed by atoms with Crippen LogP contribution in [-0.4, -0.2) is 18.4 Å². The Morgan fingerprint density at radius 1 is 1.05 bits per heavy atom. The second-order valence-corrected chi connectivity index (χ2v) is 5.91. The molecule has 5 nitrogen and oxygen atoms in total. The smallest absolute Gasteiger partial charge is 0.276 e. The van der Waals surface area contributed by atoms with Crippen LogP contribution >= 0.6 is 0 Å². The van der Waals surface area contributed by atoms with Crippen LogP contribution in [0.4, 0.5) is 0 Å². The van der Waals surface area contributed by atoms with Crippen LogP contribution in [0, 0.1) is 0 Å². The van der Waals surface area contributed by atoms with Crippen molar-refractivity contribution >= 4 is 11.8 Å². The fourth-order valence-corrected chi connectivity index (χ4v) is 1.67. The molecule has 0 unspecified atom stereocenters. The van der Waals surface area contributed by atoms with E-state index in [9.17, 15) is 9.59 Å². The van der Waals surface area contributed by atoms with Crippen LogP contribution in [0.2, 0.25) is 0 Å². The van der Waals surface area contributed by atoms with Crippen LogP contribution in [0.25, 0.3) is 0 Å². The van der Waals surface area contributed by atoms with Gasteiger partial charge < -0.3 is 4.74 Å². The fourth-order valence-electron chi connectivity index (χ4n) is 1.67. The van der Waals surface area contributed by atoms with E-state index in [1.54, 1.807) is 0 Å². The Bertz CT molecular complexity index is 475. The van der Waals surface area contributed by atoms with E-state index in [1.165, 1.54) is 5.56 Å². The van der Waals surface area contributed by atoms with Gasteiger partial charge in [0.2, 0.25) is 5.91 Å². The molecular weight excluding hydrogens is 268 g/mol. The maximum Gasteiger partial charge on any atom is 0.276 e. The number of hydrogen-bond acceptors (Lipinski definition) is 3. The van der Waals surface area contributed by atoms with Crippen molar-refractivity contribution in [3.63, 3.8) is 0 Å². The van der Waals surface area contributed by atoms with Gasteiger partial charge in [0.15, 0.2) is 6.61 Å². The molecule has 0 atom stereocenters. The molecule has 0 aromatic heterocycles. The molecular formula is C16H24N2O3. The molecule has 1 aromatic rings. The minimum atomic E-state index is -0.389. The first-order chi connectivity index (χ1) is 9.82. The van der Waals surface area contributed by atoms with Gasteiger partial charge in [-0.3, -0.25) is 20.4 Å². The lowest BCUT2D eigenvalue weighted by atomic mass is 9.87. The summed E-state index contributed by atoms with van der Waals surface area (Å²) >= 11 is 0. The first-order valence-corrected chi connectivity index (χ1v) is 7.14. The van der Waals surface area contributed by atoms with Crippen molar-refractivity contribution in [3.8, 4) is 5.75 Å². The zero-order valence-corrected chi connectivity index (χ0v) is 13.2. The van der Waals surface area contributed by atoms with Crippen molar-refractivity contribution < 1.29 is 14.3 Å². The lowest BCUT2D eigenvalue weighted by Gasteiger charge is -2.19. The Balaban J connectivity index is 2.38. The topological polar surface area (TPSA) is 67.4 Å². The minimum Gasteiger partial charge on any atom is -0.484 e. The van der Waals surface area contributed by atoms with E-state index >= 15 is 0 Å². The zero-order valence-electron chi connectivity index (χ0n) is 13.2. The molecule has 0 fully saturated rings. The number of hydrazine groups is 1. The summed E-state index contributed by atoms with van der Waals surface area (Å²) in [6, 6.07) is 7.64. The highest BCUT2D eigenvalue weighted by atomic mass is 16.5. The van der Waals surface area contributed by atoms with Crippen LogP contribution in [0.1, 0.15) is 46.1 Å². The molecule has 1 rings (SSSR count). The van der Waals surface area contributed by atoms with Crippen LogP contribution in [0.3, 0.4) is 0 Å². The predicted octanol–water partition coefficient (Wildman–Crippen LogP) is 2.31. The number of benzene rings is 1. The van der Waals surface area contributed by atoms with E-state index in [-0.39, 0.29) is 23.8 Å². The van der Waals surface area contributed by atoms with Gasteiger partial charge >= 0.3 is 0 Å². The Morgan fingerprint density at radius 2 is 1.62 bits per heavy atom. The lowest BCUT2D eigenvalue weighted by Crippen LogP contribution is -2.43. The zero-order chi connectivity index (χ0) is 15.9. The molecule has 116 valence electrons. The highest BCUT2D eigenvalue weighted by Gasteiger charge is 2.13. The highest BCUT2D eigenvalue weighted by molar-refractivity contribution is 5.82. The van der Waals surface area contributed by atoms with E-state index < -0.39 is 0 Å². The summed E-state index contributed by atoms with van der Waals surface area (Å²) in [6.07, 6.45) is 1.12. The molecule has 0 aliphatic heterocycles. The van der Waals surface area contributed by atoms with Crippen LogP contribution in [-0.2, 0) is 15.0 Å². The third-order valence-corrected chi connectivity index (χ3v) is 2.91. The minimum absolute atomic E-state index is 0.0828. The molecule has 0 aliphatic rings. The molecule has 1 aromatic carbocycles. The Kier molecular flexibility index (Phi) is 6.21. The quantitative estimate of drug-likeness (QED) is 0.818. The van der Waals surface area contributed by atoms with Gasteiger partial charge in [0.1, 0.15) is 5.75 Å². The second kappa shape index (κ2) is 7.67. The maximum atomic E-state index is 11.5. The number of ether oxygens (including phenoxy) is 1. The summed E-state index contributed by atoms with van der Waals surface area (Å²) in [6.45, 7) is 8.16. The number of nitrogens with one attached hydrogen (secondary N) is 2. The number of hydrogen-bond donors (Lipinski definition) is 2. The lowest BCUT2D eigenvalue weighted by molar-refractivity contribution is -0.130. The van der Waals surface area contributed by atoms with E-state index in [0.717, 1.165) is 6.42 Å². The number of amides is 2. The van der Waals surface area contributed by atoms with Gasteiger partial charge in [-0.1, -0.05) is 39.8 Å². The Hall–Kier alpha value is -2.04. The molecule has 21 heavy (non-hydrogen) atoms. The van der Waals surface area contributed by atoms with E-state index in [2.05, 4.69) is 31.6 Å². The molecule has 0 spiro atoms. The van der Waals surface area contributed by atoms with Crippen molar-refractivity contribution in [2.75, 3.05) is 6.61 Å². The maximum absolute atomic E-state index is 11.5. The summed E-state index contributed by atoms with van der Waals surface area (Å²) < 4.78 is 5.36. The first kappa shape index (κ1) is 17.0. The summed E-state index contributed by atoms with van der Waals surface area (Å²) in [5.41, 5.74) is 5.92. The summed E-state index contributed by atoms with van der Waals surface area (Å²) in [4.78, 5) is 22.7. The number of carbonyl (C=O) groups is 2. The molecule has 5 heteroatoms. The molecule has 0 aliphatic carbocycles. The van der Waals surface area contributed by atoms with E-state index in [4.69, 9.17) is 4.74 Å². The van der Waals surface area contributed by atoms with Gasteiger partial charge in [-0.2, -0.15) is 0 Å². The van der Waals surface area contributed by atoms with Crippen molar-refractivity contribution in [1.29, 1.82) is 0 Å². The number of carbonyl (C=O) groups excluding carboxylic acids is 2. The van der Waals surface area contributed by atoms with Crippen molar-refractivity contribution in [2.24, 2.45) is 0 Å². The third kappa shape index (κ3) is 6.29. The Morgan fingerprint density at radius 3 is 2.14 bits per heavy atom. The molecule has 0 saturated carbocycles. The van der Waals surface area contributed by atoms with Gasteiger partial charge in [0, 0.05) is 6.42 Å². The van der Waals surface area contributed by atoms with E-state index in [0.29, 0.717) is 12.2 Å². The van der Waals surface area contributed by atoms with Crippen molar-refractivity contribution in [3.05, 3.63) is 29.8 Å². The van der Waals surface area contributed by atoms with Crippen LogP contribution < -0.4 is 15.6 Å². The molecule has 0 saturated heterocycles. The van der Waals surface area contributed by atoms with Gasteiger partial charge in [-0.15, -0.1) is 0 Å².